The molecule has 0 aromatic heterocycles. The van der Waals surface area contributed by atoms with Gasteiger partial charge in [-0.1, -0.05) is 25.8 Å². The standard InChI is InChI=1S/C17H28N2O2/c1-3-16(20)19-11-9-15(10-12-19)17(21)18-13(2)14-7-5-4-6-8-14/h3,13-15H,1,4-12H2,2H3,(H,18,21). The van der Waals surface area contributed by atoms with E-state index in [0.717, 1.165) is 12.8 Å². The van der Waals surface area contributed by atoms with E-state index < -0.39 is 0 Å². The topological polar surface area (TPSA) is 49.4 Å². The molecule has 21 heavy (non-hydrogen) atoms. The van der Waals surface area contributed by atoms with Gasteiger partial charge in [-0.15, -0.1) is 0 Å². The molecule has 118 valence electrons. The van der Waals surface area contributed by atoms with Crippen molar-refractivity contribution >= 4 is 11.8 Å². The molecule has 4 nitrogen and oxygen atoms in total. The van der Waals surface area contributed by atoms with Gasteiger partial charge in [0.25, 0.3) is 0 Å². The van der Waals surface area contributed by atoms with Crippen LogP contribution in [0.1, 0.15) is 51.9 Å². The molecule has 1 aliphatic carbocycles. The first-order valence-corrected chi connectivity index (χ1v) is 8.33. The summed E-state index contributed by atoms with van der Waals surface area (Å²) in [4.78, 5) is 25.7. The van der Waals surface area contributed by atoms with E-state index in [4.69, 9.17) is 0 Å². The second-order valence-corrected chi connectivity index (χ2v) is 6.50. The van der Waals surface area contributed by atoms with Crippen LogP contribution in [0.2, 0.25) is 0 Å². The summed E-state index contributed by atoms with van der Waals surface area (Å²) in [5.41, 5.74) is 0. The third-order valence-electron chi connectivity index (χ3n) is 5.08. The van der Waals surface area contributed by atoms with E-state index in [9.17, 15) is 9.59 Å². The van der Waals surface area contributed by atoms with Gasteiger partial charge in [-0.05, 0) is 44.6 Å². The molecule has 1 saturated carbocycles. The fraction of sp³-hybridized carbons (Fsp3) is 0.765. The van der Waals surface area contributed by atoms with Gasteiger partial charge in [0.05, 0.1) is 0 Å². The Balaban J connectivity index is 1.76. The number of piperidine rings is 1. The summed E-state index contributed by atoms with van der Waals surface area (Å²) < 4.78 is 0. The Kier molecular flexibility index (Phi) is 5.83. The molecule has 1 saturated heterocycles. The van der Waals surface area contributed by atoms with Gasteiger partial charge in [0.2, 0.25) is 11.8 Å². The summed E-state index contributed by atoms with van der Waals surface area (Å²) in [5, 5.41) is 3.21. The quantitative estimate of drug-likeness (QED) is 0.809. The maximum absolute atomic E-state index is 12.4. The summed E-state index contributed by atoms with van der Waals surface area (Å²) >= 11 is 0. The monoisotopic (exact) mass is 292 g/mol. The summed E-state index contributed by atoms with van der Waals surface area (Å²) in [6.07, 6.45) is 9.31. The summed E-state index contributed by atoms with van der Waals surface area (Å²) in [5.74, 6) is 0.859. The first-order chi connectivity index (χ1) is 10.1. The van der Waals surface area contributed by atoms with Crippen molar-refractivity contribution in [2.75, 3.05) is 13.1 Å². The summed E-state index contributed by atoms with van der Waals surface area (Å²) in [6.45, 7) is 6.99. The van der Waals surface area contributed by atoms with Crippen LogP contribution in [0.25, 0.3) is 0 Å². The second-order valence-electron chi connectivity index (χ2n) is 6.50. The Hall–Kier alpha value is -1.32. The van der Waals surface area contributed by atoms with E-state index >= 15 is 0 Å². The molecule has 1 aliphatic heterocycles. The maximum atomic E-state index is 12.4. The first kappa shape index (κ1) is 16.1. The van der Waals surface area contributed by atoms with Gasteiger partial charge in [0, 0.05) is 25.0 Å². The largest absolute Gasteiger partial charge is 0.353 e. The number of likely N-dealkylation sites (tertiary alicyclic amines) is 1. The molecule has 0 spiro atoms. The predicted molar refractivity (Wildman–Crippen MR) is 83.7 cm³/mol. The van der Waals surface area contributed by atoms with Crippen molar-refractivity contribution in [3.63, 3.8) is 0 Å². The van der Waals surface area contributed by atoms with Gasteiger partial charge in [0.15, 0.2) is 0 Å². The molecule has 1 N–H and O–H groups in total. The number of hydrogen-bond acceptors (Lipinski definition) is 2. The number of carbonyl (C=O) groups is 2. The van der Waals surface area contributed by atoms with Crippen LogP contribution in [0.4, 0.5) is 0 Å². The Bertz CT molecular complexity index is 380. The molecule has 0 radical (unpaired) electrons. The highest BCUT2D eigenvalue weighted by Crippen LogP contribution is 2.27. The lowest BCUT2D eigenvalue weighted by molar-refractivity contribution is -0.132. The maximum Gasteiger partial charge on any atom is 0.245 e. The average molecular weight is 292 g/mol. The number of hydrogen-bond donors (Lipinski definition) is 1. The number of rotatable bonds is 4. The van der Waals surface area contributed by atoms with Crippen molar-refractivity contribution < 1.29 is 9.59 Å². The molecular formula is C17H28N2O2. The van der Waals surface area contributed by atoms with E-state index in [-0.39, 0.29) is 23.8 Å². The van der Waals surface area contributed by atoms with Gasteiger partial charge in [-0.2, -0.15) is 0 Å². The van der Waals surface area contributed by atoms with Crippen LogP contribution in [0.3, 0.4) is 0 Å². The van der Waals surface area contributed by atoms with Gasteiger partial charge in [0.1, 0.15) is 0 Å². The Morgan fingerprint density at radius 2 is 1.76 bits per heavy atom. The minimum absolute atomic E-state index is 0.0237. The predicted octanol–water partition coefficient (Wildman–Crippen LogP) is 2.50. The van der Waals surface area contributed by atoms with E-state index in [2.05, 4.69) is 18.8 Å². The van der Waals surface area contributed by atoms with Crippen molar-refractivity contribution in [3.8, 4) is 0 Å². The van der Waals surface area contributed by atoms with Gasteiger partial charge >= 0.3 is 0 Å². The summed E-state index contributed by atoms with van der Waals surface area (Å²) in [7, 11) is 0. The van der Waals surface area contributed by atoms with E-state index in [1.54, 1.807) is 4.90 Å². The SMILES string of the molecule is C=CC(=O)N1CCC(C(=O)NC(C)C2CCCCC2)CC1. The first-order valence-electron chi connectivity index (χ1n) is 8.33. The molecule has 2 amide bonds. The van der Waals surface area contributed by atoms with Crippen LogP contribution in [-0.2, 0) is 9.59 Å². The van der Waals surface area contributed by atoms with Crippen molar-refractivity contribution in [2.45, 2.75) is 57.9 Å². The van der Waals surface area contributed by atoms with Crippen LogP contribution in [-0.4, -0.2) is 35.8 Å². The number of amides is 2. The molecule has 2 rings (SSSR count). The minimum atomic E-state index is -0.0237. The fourth-order valence-corrected chi connectivity index (χ4v) is 3.59. The van der Waals surface area contributed by atoms with Crippen molar-refractivity contribution in [1.82, 2.24) is 10.2 Å². The normalized spacial score (nSPS) is 22.6. The fourth-order valence-electron chi connectivity index (χ4n) is 3.59. The zero-order valence-electron chi connectivity index (χ0n) is 13.1. The molecule has 2 fully saturated rings. The van der Waals surface area contributed by atoms with Crippen LogP contribution in [0, 0.1) is 11.8 Å². The molecule has 0 bridgehead atoms. The zero-order valence-corrected chi connectivity index (χ0v) is 13.1. The van der Waals surface area contributed by atoms with Crippen LogP contribution >= 0.6 is 0 Å². The van der Waals surface area contributed by atoms with E-state index in [0.29, 0.717) is 19.0 Å². The van der Waals surface area contributed by atoms with E-state index in [1.807, 2.05) is 0 Å². The Labute approximate surface area is 128 Å². The molecule has 0 aromatic rings. The lowest BCUT2D eigenvalue weighted by atomic mass is 9.84. The lowest BCUT2D eigenvalue weighted by Crippen LogP contribution is -2.46. The van der Waals surface area contributed by atoms with Crippen LogP contribution in [0.15, 0.2) is 12.7 Å². The zero-order chi connectivity index (χ0) is 15.2. The second kappa shape index (κ2) is 7.62. The smallest absolute Gasteiger partial charge is 0.245 e. The average Bonchev–Trinajstić information content (AvgIpc) is 2.55. The molecule has 4 heteroatoms. The third kappa shape index (κ3) is 4.32. The lowest BCUT2D eigenvalue weighted by Gasteiger charge is -2.33. The van der Waals surface area contributed by atoms with Crippen LogP contribution < -0.4 is 5.32 Å². The van der Waals surface area contributed by atoms with Crippen molar-refractivity contribution in [3.05, 3.63) is 12.7 Å². The number of carbonyl (C=O) groups excluding carboxylic acids is 2. The molecule has 1 atom stereocenters. The van der Waals surface area contributed by atoms with Crippen molar-refractivity contribution in [2.24, 2.45) is 11.8 Å². The third-order valence-corrected chi connectivity index (χ3v) is 5.08. The molecule has 0 aromatic carbocycles. The Morgan fingerprint density at radius 1 is 1.14 bits per heavy atom. The Morgan fingerprint density at radius 3 is 2.33 bits per heavy atom. The summed E-state index contributed by atoms with van der Waals surface area (Å²) in [6, 6.07) is 0.283. The number of nitrogens with one attached hydrogen (secondary N) is 1. The molecule has 2 aliphatic rings. The molecule has 1 unspecified atom stereocenters. The highest BCUT2D eigenvalue weighted by atomic mass is 16.2. The van der Waals surface area contributed by atoms with Crippen molar-refractivity contribution in [1.29, 1.82) is 0 Å². The molecule has 1 heterocycles. The van der Waals surface area contributed by atoms with Gasteiger partial charge < -0.3 is 10.2 Å². The number of nitrogens with zero attached hydrogens (tertiary/aromatic N) is 1. The molecular weight excluding hydrogens is 264 g/mol. The van der Waals surface area contributed by atoms with E-state index in [1.165, 1.54) is 38.2 Å². The highest BCUT2D eigenvalue weighted by molar-refractivity contribution is 5.87. The highest BCUT2D eigenvalue weighted by Gasteiger charge is 2.28. The van der Waals surface area contributed by atoms with Crippen LogP contribution in [0.5, 0.6) is 0 Å². The minimum Gasteiger partial charge on any atom is -0.353 e. The van der Waals surface area contributed by atoms with Gasteiger partial charge in [-0.3, -0.25) is 9.59 Å². The van der Waals surface area contributed by atoms with Gasteiger partial charge in [-0.25, -0.2) is 0 Å².